The van der Waals surface area contributed by atoms with Gasteiger partial charge in [-0.2, -0.15) is 0 Å². The van der Waals surface area contributed by atoms with Crippen LogP contribution in [0.4, 0.5) is 11.8 Å². The van der Waals surface area contributed by atoms with Crippen molar-refractivity contribution in [2.75, 3.05) is 29.7 Å². The van der Waals surface area contributed by atoms with Crippen LogP contribution in [-0.2, 0) is 21.2 Å². The molecule has 2 N–H and O–H groups in total. The van der Waals surface area contributed by atoms with Gasteiger partial charge in [0.05, 0.1) is 41.1 Å². The van der Waals surface area contributed by atoms with E-state index < -0.39 is 16.4 Å². The summed E-state index contributed by atoms with van der Waals surface area (Å²) in [6.45, 7) is 8.22. The largest absolute Gasteiger partial charge is 0.477 e. The average Bonchev–Trinajstić information content (AvgIpc) is 3.80. The lowest BCUT2D eigenvalue weighted by molar-refractivity contribution is -0.123. The van der Waals surface area contributed by atoms with Gasteiger partial charge < -0.3 is 15.0 Å². The van der Waals surface area contributed by atoms with Gasteiger partial charge in [0.25, 0.3) is 0 Å². The number of aromatic nitrogens is 5. The zero-order chi connectivity index (χ0) is 27.4. The van der Waals surface area contributed by atoms with Gasteiger partial charge in [-0.1, -0.05) is 0 Å². The van der Waals surface area contributed by atoms with Gasteiger partial charge in [0.15, 0.2) is 0 Å². The molecule has 4 heterocycles. The molecule has 206 valence electrons. The fourth-order valence-electron chi connectivity index (χ4n) is 4.71. The molecule has 3 aromatic rings. The Kier molecular flexibility index (Phi) is 8.12. The molecular formula is C27H34N8O3S. The van der Waals surface area contributed by atoms with Gasteiger partial charge in [0, 0.05) is 24.0 Å². The maximum Gasteiger partial charge on any atom is 0.237 e. The average molecular weight is 551 g/mol. The predicted molar refractivity (Wildman–Crippen MR) is 150 cm³/mol. The van der Waals surface area contributed by atoms with E-state index in [-0.39, 0.29) is 17.1 Å². The number of nitrogens with zero attached hydrogens (tertiary/aromatic N) is 6. The van der Waals surface area contributed by atoms with Crippen LogP contribution in [0.15, 0.2) is 43.0 Å². The fraction of sp³-hybridized carbons (Fsp3) is 0.481. The van der Waals surface area contributed by atoms with Crippen LogP contribution in [-0.4, -0.2) is 70.9 Å². The normalized spacial score (nSPS) is 17.9. The highest BCUT2D eigenvalue weighted by atomic mass is 32.2. The SMILES string of the molecule is CCOc1cncc(-c2ccc(NC(=O)C3(c4ccnc(NS(=O)C5CC5)n4)CCN(C(C)C)CC3)nc2)n1. The Bertz CT molecular complexity index is 1320. The first-order valence-corrected chi connectivity index (χ1v) is 14.6. The maximum absolute atomic E-state index is 13.9. The van der Waals surface area contributed by atoms with Gasteiger partial charge in [-0.3, -0.25) is 14.5 Å². The maximum atomic E-state index is 13.9. The monoisotopic (exact) mass is 550 g/mol. The van der Waals surface area contributed by atoms with Crippen molar-refractivity contribution >= 4 is 28.7 Å². The summed E-state index contributed by atoms with van der Waals surface area (Å²) >= 11 is 0. The minimum atomic E-state index is -1.22. The lowest BCUT2D eigenvalue weighted by atomic mass is 9.74. The summed E-state index contributed by atoms with van der Waals surface area (Å²) in [6.07, 6.45) is 9.56. The number of carbonyl (C=O) groups excluding carboxylic acids is 1. The molecule has 0 spiro atoms. The molecule has 3 aromatic heterocycles. The Morgan fingerprint density at radius 3 is 2.59 bits per heavy atom. The van der Waals surface area contributed by atoms with Crippen LogP contribution in [0, 0.1) is 0 Å². The smallest absolute Gasteiger partial charge is 0.237 e. The molecule has 1 amide bonds. The third kappa shape index (κ3) is 6.22. The second-order valence-electron chi connectivity index (χ2n) is 10.1. The summed E-state index contributed by atoms with van der Waals surface area (Å²) in [7, 11) is -1.22. The molecule has 1 saturated heterocycles. The number of rotatable bonds is 10. The van der Waals surface area contributed by atoms with Gasteiger partial charge in [-0.15, -0.1) is 0 Å². The molecule has 5 rings (SSSR count). The number of anilines is 2. The van der Waals surface area contributed by atoms with E-state index in [1.807, 2.05) is 13.0 Å². The summed E-state index contributed by atoms with van der Waals surface area (Å²) in [6, 6.07) is 5.77. The van der Waals surface area contributed by atoms with Crippen molar-refractivity contribution in [3.63, 3.8) is 0 Å². The highest BCUT2D eigenvalue weighted by Gasteiger charge is 2.45. The van der Waals surface area contributed by atoms with Crippen LogP contribution < -0.4 is 14.8 Å². The first-order valence-electron chi connectivity index (χ1n) is 13.4. The quantitative estimate of drug-likeness (QED) is 0.390. The van der Waals surface area contributed by atoms with Crippen molar-refractivity contribution in [2.24, 2.45) is 0 Å². The number of carbonyl (C=O) groups is 1. The molecule has 1 aliphatic carbocycles. The summed E-state index contributed by atoms with van der Waals surface area (Å²) in [4.78, 5) is 38.4. The Morgan fingerprint density at radius 2 is 1.92 bits per heavy atom. The van der Waals surface area contributed by atoms with Crippen LogP contribution in [0.25, 0.3) is 11.3 Å². The molecule has 12 heteroatoms. The first-order chi connectivity index (χ1) is 18.9. The van der Waals surface area contributed by atoms with Gasteiger partial charge in [-0.05, 0) is 77.7 Å². The van der Waals surface area contributed by atoms with E-state index in [2.05, 4.69) is 53.7 Å². The van der Waals surface area contributed by atoms with E-state index >= 15 is 0 Å². The Balaban J connectivity index is 1.37. The van der Waals surface area contributed by atoms with Crippen molar-refractivity contribution in [1.82, 2.24) is 29.8 Å². The number of likely N-dealkylation sites (tertiary alicyclic amines) is 1. The lowest BCUT2D eigenvalue weighted by Crippen LogP contribution is -2.51. The minimum absolute atomic E-state index is 0.144. The van der Waals surface area contributed by atoms with Gasteiger partial charge in [-0.25, -0.2) is 24.1 Å². The van der Waals surface area contributed by atoms with E-state index in [0.717, 1.165) is 31.5 Å². The number of nitrogens with one attached hydrogen (secondary N) is 2. The number of hydrogen-bond acceptors (Lipinski definition) is 9. The van der Waals surface area contributed by atoms with E-state index in [1.165, 1.54) is 0 Å². The summed E-state index contributed by atoms with van der Waals surface area (Å²) in [5.74, 6) is 0.999. The molecule has 0 bridgehead atoms. The van der Waals surface area contributed by atoms with Crippen LogP contribution in [0.2, 0.25) is 0 Å². The molecule has 1 unspecified atom stereocenters. The molecule has 0 aromatic carbocycles. The van der Waals surface area contributed by atoms with Crippen LogP contribution in [0.5, 0.6) is 5.88 Å². The number of hydrogen-bond donors (Lipinski definition) is 2. The molecule has 39 heavy (non-hydrogen) atoms. The summed E-state index contributed by atoms with van der Waals surface area (Å²) in [5, 5.41) is 3.17. The number of piperidine rings is 1. The van der Waals surface area contributed by atoms with Crippen molar-refractivity contribution in [3.05, 3.63) is 48.7 Å². The topological polar surface area (TPSA) is 135 Å². The van der Waals surface area contributed by atoms with Gasteiger partial charge in [0.2, 0.25) is 17.7 Å². The van der Waals surface area contributed by atoms with Crippen molar-refractivity contribution in [3.8, 4) is 17.1 Å². The minimum Gasteiger partial charge on any atom is -0.477 e. The molecule has 2 fully saturated rings. The summed E-state index contributed by atoms with van der Waals surface area (Å²) < 4.78 is 20.8. The molecule has 0 radical (unpaired) electrons. The third-order valence-corrected chi connectivity index (χ3v) is 8.65. The van der Waals surface area contributed by atoms with E-state index in [0.29, 0.717) is 48.6 Å². The predicted octanol–water partition coefficient (Wildman–Crippen LogP) is 3.35. The van der Waals surface area contributed by atoms with Crippen molar-refractivity contribution in [1.29, 1.82) is 0 Å². The van der Waals surface area contributed by atoms with Crippen molar-refractivity contribution in [2.45, 2.75) is 63.2 Å². The van der Waals surface area contributed by atoms with Crippen LogP contribution in [0.3, 0.4) is 0 Å². The van der Waals surface area contributed by atoms with E-state index in [9.17, 15) is 9.00 Å². The Hall–Kier alpha value is -3.51. The van der Waals surface area contributed by atoms with Gasteiger partial charge >= 0.3 is 0 Å². The number of ether oxygens (including phenoxy) is 1. The van der Waals surface area contributed by atoms with Crippen LogP contribution in [0.1, 0.15) is 52.1 Å². The second-order valence-corrected chi connectivity index (χ2v) is 11.6. The summed E-state index contributed by atoms with van der Waals surface area (Å²) in [5.41, 5.74) is 1.14. The van der Waals surface area contributed by atoms with Crippen molar-refractivity contribution < 1.29 is 13.7 Å². The highest BCUT2D eigenvalue weighted by molar-refractivity contribution is 7.87. The molecule has 2 aliphatic rings. The Labute approximate surface area is 230 Å². The second kappa shape index (κ2) is 11.7. The van der Waals surface area contributed by atoms with E-state index in [1.54, 1.807) is 36.9 Å². The molecule has 11 nitrogen and oxygen atoms in total. The zero-order valence-electron chi connectivity index (χ0n) is 22.5. The van der Waals surface area contributed by atoms with E-state index in [4.69, 9.17) is 4.74 Å². The standard InChI is InChI=1S/C27H34N8O3S/c1-4-38-24-17-28-16-21(31-24)19-5-8-23(30-15-19)33-25(36)27(10-13-35(14-11-27)18(2)3)22-9-12-29-26(32-22)34-39(37)20-6-7-20/h5,8-9,12,15-18,20H,4,6-7,10-11,13-14H2,1-3H3,(H,29,32,34)(H,30,33,36). The first kappa shape index (κ1) is 27.1. The third-order valence-electron chi connectivity index (χ3n) is 7.19. The Morgan fingerprint density at radius 1 is 1.13 bits per heavy atom. The zero-order valence-corrected chi connectivity index (χ0v) is 23.3. The number of amides is 1. The fourth-order valence-corrected chi connectivity index (χ4v) is 5.72. The molecular weight excluding hydrogens is 516 g/mol. The van der Waals surface area contributed by atoms with Crippen LogP contribution >= 0.6 is 0 Å². The van der Waals surface area contributed by atoms with Gasteiger partial charge in [0.1, 0.15) is 16.8 Å². The molecule has 1 saturated carbocycles. The molecule has 1 aliphatic heterocycles. The highest BCUT2D eigenvalue weighted by Crippen LogP contribution is 2.37. The number of pyridine rings is 1. The lowest BCUT2D eigenvalue weighted by Gasteiger charge is -2.41. The molecule has 1 atom stereocenters.